The van der Waals surface area contributed by atoms with Gasteiger partial charge in [0, 0.05) is 0 Å². The normalized spacial score (nSPS) is 10.8. The summed E-state index contributed by atoms with van der Waals surface area (Å²) in [6.07, 6.45) is 0. The number of aryl methyl sites for hydroxylation is 2. The number of amides is 1. The third-order valence-corrected chi connectivity index (χ3v) is 5.12. The average molecular weight is 415 g/mol. The lowest BCUT2D eigenvalue weighted by molar-refractivity contribution is -0.116. The number of nitrogens with one attached hydrogen (secondary N) is 1. The molecule has 0 fully saturated rings. The molecule has 0 radical (unpaired) electrons. The molecule has 6 heteroatoms. The number of imidazole rings is 1. The molecule has 0 saturated carbocycles. The van der Waals surface area contributed by atoms with Crippen molar-refractivity contribution in [1.29, 1.82) is 0 Å². The highest BCUT2D eigenvalue weighted by atomic mass is 16.5. The van der Waals surface area contributed by atoms with Gasteiger partial charge in [-0.15, -0.1) is 0 Å². The van der Waals surface area contributed by atoms with E-state index in [1.54, 1.807) is 7.11 Å². The predicted octanol–water partition coefficient (Wildman–Crippen LogP) is 4.88. The Morgan fingerprint density at radius 1 is 1.00 bits per heavy atom. The highest BCUT2D eigenvalue weighted by Gasteiger charge is 2.16. The van der Waals surface area contributed by atoms with E-state index in [2.05, 4.69) is 11.4 Å². The highest BCUT2D eigenvalue weighted by molar-refractivity contribution is 5.93. The summed E-state index contributed by atoms with van der Waals surface area (Å²) in [5.74, 6) is 1.96. The third kappa shape index (κ3) is 4.53. The highest BCUT2D eigenvalue weighted by Crippen LogP contribution is 2.24. The monoisotopic (exact) mass is 415 g/mol. The molecular weight excluding hydrogens is 390 g/mol. The van der Waals surface area contributed by atoms with Crippen LogP contribution in [0.15, 0.2) is 66.7 Å². The van der Waals surface area contributed by atoms with Crippen LogP contribution >= 0.6 is 0 Å². The van der Waals surface area contributed by atoms with Crippen molar-refractivity contribution in [3.05, 3.63) is 83.7 Å². The molecule has 0 aliphatic carbocycles. The van der Waals surface area contributed by atoms with Crippen molar-refractivity contribution in [1.82, 2.24) is 9.55 Å². The van der Waals surface area contributed by atoms with Crippen molar-refractivity contribution >= 4 is 22.6 Å². The Balaban J connectivity index is 1.59. The van der Waals surface area contributed by atoms with Gasteiger partial charge in [-0.2, -0.15) is 0 Å². The molecule has 0 unspecified atom stereocenters. The first kappa shape index (κ1) is 20.5. The summed E-state index contributed by atoms with van der Waals surface area (Å²) in [4.78, 5) is 17.6. The van der Waals surface area contributed by atoms with Crippen LogP contribution in [-0.2, 0) is 17.9 Å². The Labute approximate surface area is 181 Å². The Kier molecular flexibility index (Phi) is 5.89. The van der Waals surface area contributed by atoms with E-state index in [4.69, 9.17) is 14.5 Å². The zero-order chi connectivity index (χ0) is 21.8. The molecule has 1 aromatic heterocycles. The molecule has 4 aromatic rings. The molecule has 0 atom stereocenters. The molecule has 4 rings (SSSR count). The van der Waals surface area contributed by atoms with Crippen LogP contribution < -0.4 is 14.8 Å². The van der Waals surface area contributed by atoms with E-state index in [1.807, 2.05) is 79.1 Å². The second kappa shape index (κ2) is 8.92. The SMILES string of the molecule is COc1ccccc1NC(=O)Cn1c(COc2cc(C)ccc2C)nc2ccccc21. The first-order valence-corrected chi connectivity index (χ1v) is 10.1. The van der Waals surface area contributed by atoms with E-state index in [9.17, 15) is 4.79 Å². The number of benzene rings is 3. The number of methoxy groups -OCH3 is 1. The smallest absolute Gasteiger partial charge is 0.244 e. The van der Waals surface area contributed by atoms with Crippen molar-refractivity contribution in [2.75, 3.05) is 12.4 Å². The van der Waals surface area contributed by atoms with Gasteiger partial charge >= 0.3 is 0 Å². The summed E-state index contributed by atoms with van der Waals surface area (Å²) in [6.45, 7) is 4.42. The van der Waals surface area contributed by atoms with Gasteiger partial charge in [0.05, 0.1) is 23.8 Å². The summed E-state index contributed by atoms with van der Waals surface area (Å²) >= 11 is 0. The molecule has 0 aliphatic heterocycles. The van der Waals surface area contributed by atoms with Crippen molar-refractivity contribution < 1.29 is 14.3 Å². The number of nitrogens with zero attached hydrogens (tertiary/aromatic N) is 2. The first-order chi connectivity index (χ1) is 15.0. The maximum Gasteiger partial charge on any atom is 0.244 e. The molecule has 31 heavy (non-hydrogen) atoms. The van der Waals surface area contributed by atoms with E-state index in [0.717, 1.165) is 27.9 Å². The largest absolute Gasteiger partial charge is 0.495 e. The minimum Gasteiger partial charge on any atom is -0.495 e. The molecule has 3 aromatic carbocycles. The van der Waals surface area contributed by atoms with Crippen LogP contribution in [-0.4, -0.2) is 22.6 Å². The number of para-hydroxylation sites is 4. The number of ether oxygens (including phenoxy) is 2. The molecule has 0 saturated heterocycles. The summed E-state index contributed by atoms with van der Waals surface area (Å²) in [7, 11) is 1.58. The Bertz CT molecular complexity index is 1230. The Morgan fingerprint density at radius 3 is 2.61 bits per heavy atom. The van der Waals surface area contributed by atoms with Gasteiger partial charge in [-0.05, 0) is 55.3 Å². The number of carbonyl (C=O) groups is 1. The predicted molar refractivity (Wildman–Crippen MR) is 122 cm³/mol. The maximum absolute atomic E-state index is 12.9. The van der Waals surface area contributed by atoms with Crippen LogP contribution in [0.25, 0.3) is 11.0 Å². The summed E-state index contributed by atoms with van der Waals surface area (Å²) < 4.78 is 13.3. The number of aromatic nitrogens is 2. The lowest BCUT2D eigenvalue weighted by Gasteiger charge is -2.13. The molecule has 1 amide bonds. The van der Waals surface area contributed by atoms with Gasteiger partial charge in [-0.3, -0.25) is 4.79 Å². The number of fused-ring (bicyclic) bond motifs is 1. The number of carbonyl (C=O) groups excluding carboxylic acids is 1. The van der Waals surface area contributed by atoms with Crippen LogP contribution in [0.4, 0.5) is 5.69 Å². The second-order valence-electron chi connectivity index (χ2n) is 7.41. The van der Waals surface area contributed by atoms with Crippen LogP contribution in [0.1, 0.15) is 17.0 Å². The number of hydrogen-bond acceptors (Lipinski definition) is 4. The van der Waals surface area contributed by atoms with Crippen LogP contribution in [0.5, 0.6) is 11.5 Å². The number of rotatable bonds is 7. The Morgan fingerprint density at radius 2 is 1.77 bits per heavy atom. The molecule has 158 valence electrons. The van der Waals surface area contributed by atoms with Crippen LogP contribution in [0.2, 0.25) is 0 Å². The third-order valence-electron chi connectivity index (χ3n) is 5.12. The second-order valence-corrected chi connectivity index (χ2v) is 7.41. The van der Waals surface area contributed by atoms with Crippen LogP contribution in [0.3, 0.4) is 0 Å². The lowest BCUT2D eigenvalue weighted by atomic mass is 10.1. The van der Waals surface area contributed by atoms with Gasteiger partial charge in [0.1, 0.15) is 30.5 Å². The number of hydrogen-bond donors (Lipinski definition) is 1. The van der Waals surface area contributed by atoms with E-state index in [1.165, 1.54) is 0 Å². The zero-order valence-electron chi connectivity index (χ0n) is 17.9. The van der Waals surface area contributed by atoms with Crippen LogP contribution in [0, 0.1) is 13.8 Å². The maximum atomic E-state index is 12.9. The van der Waals surface area contributed by atoms with E-state index in [-0.39, 0.29) is 19.1 Å². The molecule has 0 bridgehead atoms. The zero-order valence-corrected chi connectivity index (χ0v) is 17.9. The van der Waals surface area contributed by atoms with Crippen molar-refractivity contribution in [2.45, 2.75) is 27.0 Å². The van der Waals surface area contributed by atoms with Crippen molar-refractivity contribution in [2.24, 2.45) is 0 Å². The van der Waals surface area contributed by atoms with Gasteiger partial charge in [-0.1, -0.05) is 36.4 Å². The first-order valence-electron chi connectivity index (χ1n) is 10.1. The summed E-state index contributed by atoms with van der Waals surface area (Å²) in [5, 5.41) is 2.93. The lowest BCUT2D eigenvalue weighted by Crippen LogP contribution is -2.21. The molecule has 6 nitrogen and oxygen atoms in total. The van der Waals surface area contributed by atoms with Gasteiger partial charge in [0.2, 0.25) is 5.91 Å². The number of anilines is 1. The van der Waals surface area contributed by atoms with Crippen molar-refractivity contribution in [3.63, 3.8) is 0 Å². The fourth-order valence-electron chi connectivity index (χ4n) is 3.50. The minimum absolute atomic E-state index is 0.115. The van der Waals surface area contributed by atoms with Gasteiger partial charge in [0.25, 0.3) is 0 Å². The van der Waals surface area contributed by atoms with Gasteiger partial charge in [0.15, 0.2) is 0 Å². The Hall–Kier alpha value is -3.80. The molecule has 1 heterocycles. The topological polar surface area (TPSA) is 65.4 Å². The van der Waals surface area contributed by atoms with E-state index < -0.39 is 0 Å². The molecule has 1 N–H and O–H groups in total. The molecular formula is C25H25N3O3. The summed E-state index contributed by atoms with van der Waals surface area (Å²) in [5.41, 5.74) is 4.53. The van der Waals surface area contributed by atoms with E-state index in [0.29, 0.717) is 17.3 Å². The van der Waals surface area contributed by atoms with Gasteiger partial charge < -0.3 is 19.4 Å². The summed E-state index contributed by atoms with van der Waals surface area (Å²) in [6, 6.07) is 21.2. The average Bonchev–Trinajstić information content (AvgIpc) is 3.12. The standard InChI is InChI=1S/C25H25N3O3/c1-17-12-13-18(2)23(14-17)31-16-24-26-19-8-4-6-10-21(19)28(24)15-25(29)27-20-9-5-7-11-22(20)30-3/h4-14H,15-16H2,1-3H3,(H,27,29). The fourth-order valence-corrected chi connectivity index (χ4v) is 3.50. The van der Waals surface area contributed by atoms with Crippen molar-refractivity contribution in [3.8, 4) is 11.5 Å². The minimum atomic E-state index is -0.166. The quantitative estimate of drug-likeness (QED) is 0.467. The van der Waals surface area contributed by atoms with Gasteiger partial charge in [-0.25, -0.2) is 4.98 Å². The fraction of sp³-hybridized carbons (Fsp3) is 0.200. The molecule has 0 spiro atoms. The van der Waals surface area contributed by atoms with E-state index >= 15 is 0 Å². The molecule has 0 aliphatic rings.